The molecule has 1 nitrogen and oxygen atoms in total. The minimum atomic E-state index is 0.584. The summed E-state index contributed by atoms with van der Waals surface area (Å²) in [6.07, 6.45) is 0. The van der Waals surface area contributed by atoms with Crippen molar-refractivity contribution in [2.24, 2.45) is 0 Å². The number of ether oxygens (including phenoxy) is 1. The lowest BCUT2D eigenvalue weighted by molar-refractivity contribution is 0.185. The van der Waals surface area contributed by atoms with Crippen LogP contribution in [0.25, 0.3) is 0 Å². The number of methoxy groups -OCH3 is 1. The predicted octanol–water partition coefficient (Wildman–Crippen LogP) is 2.79. The Kier molecular flexibility index (Phi) is 2.92. The van der Waals surface area contributed by atoms with Crippen LogP contribution in [-0.2, 0) is 11.3 Å². The zero-order valence-corrected chi connectivity index (χ0v) is 7.48. The molecule has 0 saturated carbocycles. The van der Waals surface area contributed by atoms with Crippen LogP contribution in [0.3, 0.4) is 0 Å². The Morgan fingerprint density at radius 2 is 2.18 bits per heavy atom. The van der Waals surface area contributed by atoms with Crippen LogP contribution in [-0.4, -0.2) is 7.11 Å². The van der Waals surface area contributed by atoms with Gasteiger partial charge in [0.15, 0.2) is 0 Å². The van der Waals surface area contributed by atoms with Gasteiger partial charge in [-0.25, -0.2) is 0 Å². The number of hydrogen-bond donors (Lipinski definition) is 0. The Morgan fingerprint density at radius 3 is 2.82 bits per heavy atom. The monoisotopic (exact) mass is 170 g/mol. The standard InChI is InChI=1S/C9H11ClO/c1-7-4-3-5-8(6-11-2)9(7)10/h3-5H,6H2,1-2H3. The maximum absolute atomic E-state index is 5.99. The number of aryl methyl sites for hydroxylation is 1. The number of benzene rings is 1. The van der Waals surface area contributed by atoms with Gasteiger partial charge < -0.3 is 4.74 Å². The molecule has 2 heteroatoms. The highest BCUT2D eigenvalue weighted by Gasteiger charge is 2.00. The minimum absolute atomic E-state index is 0.584. The third kappa shape index (κ3) is 1.95. The molecule has 11 heavy (non-hydrogen) atoms. The van der Waals surface area contributed by atoms with Crippen molar-refractivity contribution >= 4 is 11.6 Å². The van der Waals surface area contributed by atoms with Gasteiger partial charge in [-0.05, 0) is 18.1 Å². The average Bonchev–Trinajstić information content (AvgIpc) is 1.99. The molecule has 0 fully saturated rings. The van der Waals surface area contributed by atoms with E-state index in [2.05, 4.69) is 0 Å². The zero-order valence-electron chi connectivity index (χ0n) is 6.73. The Morgan fingerprint density at radius 1 is 1.45 bits per heavy atom. The summed E-state index contributed by atoms with van der Waals surface area (Å²) in [6.45, 7) is 2.57. The smallest absolute Gasteiger partial charge is 0.0727 e. The van der Waals surface area contributed by atoms with E-state index in [1.807, 2.05) is 25.1 Å². The Bertz CT molecular complexity index is 245. The van der Waals surface area contributed by atoms with E-state index in [1.54, 1.807) is 7.11 Å². The first-order valence-corrected chi connectivity index (χ1v) is 3.86. The first-order chi connectivity index (χ1) is 5.25. The molecule has 0 saturated heterocycles. The van der Waals surface area contributed by atoms with Gasteiger partial charge in [0.05, 0.1) is 6.61 Å². The van der Waals surface area contributed by atoms with E-state index in [0.29, 0.717) is 6.61 Å². The van der Waals surface area contributed by atoms with Crippen molar-refractivity contribution in [1.82, 2.24) is 0 Å². The maximum atomic E-state index is 5.99. The summed E-state index contributed by atoms with van der Waals surface area (Å²) in [5.41, 5.74) is 2.15. The molecule has 0 aliphatic carbocycles. The van der Waals surface area contributed by atoms with Gasteiger partial charge in [0, 0.05) is 12.1 Å². The van der Waals surface area contributed by atoms with Crippen molar-refractivity contribution in [3.05, 3.63) is 34.3 Å². The number of rotatable bonds is 2. The Balaban J connectivity index is 2.96. The summed E-state index contributed by atoms with van der Waals surface area (Å²) in [7, 11) is 1.67. The van der Waals surface area contributed by atoms with Crippen molar-refractivity contribution in [1.29, 1.82) is 0 Å². The molecule has 0 atom stereocenters. The van der Waals surface area contributed by atoms with Gasteiger partial charge in [-0.15, -0.1) is 0 Å². The molecule has 0 unspecified atom stereocenters. The van der Waals surface area contributed by atoms with Crippen LogP contribution in [0.4, 0.5) is 0 Å². The largest absolute Gasteiger partial charge is 0.380 e. The minimum Gasteiger partial charge on any atom is -0.380 e. The fourth-order valence-corrected chi connectivity index (χ4v) is 1.16. The topological polar surface area (TPSA) is 9.23 Å². The molecule has 0 aromatic heterocycles. The van der Waals surface area contributed by atoms with Crippen molar-refractivity contribution in [3.8, 4) is 0 Å². The molecule has 0 amide bonds. The Hall–Kier alpha value is -0.530. The van der Waals surface area contributed by atoms with Crippen LogP contribution >= 0.6 is 11.6 Å². The van der Waals surface area contributed by atoms with Crippen molar-refractivity contribution in [2.75, 3.05) is 7.11 Å². The first kappa shape index (κ1) is 8.57. The lowest BCUT2D eigenvalue weighted by Gasteiger charge is -2.04. The van der Waals surface area contributed by atoms with E-state index in [1.165, 1.54) is 0 Å². The molecule has 1 rings (SSSR count). The summed E-state index contributed by atoms with van der Waals surface area (Å²) < 4.78 is 4.98. The SMILES string of the molecule is COCc1cccc(C)c1Cl. The average molecular weight is 171 g/mol. The fraction of sp³-hybridized carbons (Fsp3) is 0.333. The second-order valence-electron chi connectivity index (χ2n) is 2.48. The van der Waals surface area contributed by atoms with E-state index < -0.39 is 0 Å². The molecule has 0 bridgehead atoms. The van der Waals surface area contributed by atoms with E-state index >= 15 is 0 Å². The lowest BCUT2D eigenvalue weighted by Crippen LogP contribution is -1.89. The lowest BCUT2D eigenvalue weighted by atomic mass is 10.1. The fourth-order valence-electron chi connectivity index (χ4n) is 0.975. The second-order valence-corrected chi connectivity index (χ2v) is 2.86. The molecule has 1 aromatic carbocycles. The van der Waals surface area contributed by atoms with Crippen LogP contribution in [0, 0.1) is 6.92 Å². The molecule has 0 heterocycles. The summed E-state index contributed by atoms with van der Waals surface area (Å²) in [4.78, 5) is 0. The van der Waals surface area contributed by atoms with Crippen LogP contribution < -0.4 is 0 Å². The third-order valence-corrected chi connectivity index (χ3v) is 2.11. The molecule has 60 valence electrons. The van der Waals surface area contributed by atoms with E-state index in [9.17, 15) is 0 Å². The number of halogens is 1. The molecule has 0 radical (unpaired) electrons. The highest BCUT2D eigenvalue weighted by atomic mass is 35.5. The quantitative estimate of drug-likeness (QED) is 0.663. The van der Waals surface area contributed by atoms with E-state index in [-0.39, 0.29) is 0 Å². The van der Waals surface area contributed by atoms with Gasteiger partial charge in [-0.3, -0.25) is 0 Å². The van der Waals surface area contributed by atoms with E-state index in [0.717, 1.165) is 16.1 Å². The predicted molar refractivity (Wildman–Crippen MR) is 46.9 cm³/mol. The van der Waals surface area contributed by atoms with Gasteiger partial charge in [-0.2, -0.15) is 0 Å². The first-order valence-electron chi connectivity index (χ1n) is 3.48. The van der Waals surface area contributed by atoms with Crippen LogP contribution in [0.15, 0.2) is 18.2 Å². The molecule has 0 aliphatic heterocycles. The van der Waals surface area contributed by atoms with Crippen LogP contribution in [0.2, 0.25) is 5.02 Å². The van der Waals surface area contributed by atoms with Gasteiger partial charge in [-0.1, -0.05) is 29.8 Å². The van der Waals surface area contributed by atoms with Gasteiger partial charge in [0.1, 0.15) is 0 Å². The molecule has 0 spiro atoms. The van der Waals surface area contributed by atoms with Crippen molar-refractivity contribution < 1.29 is 4.74 Å². The van der Waals surface area contributed by atoms with Crippen molar-refractivity contribution in [3.63, 3.8) is 0 Å². The highest BCUT2D eigenvalue weighted by Crippen LogP contribution is 2.20. The summed E-state index contributed by atoms with van der Waals surface area (Å²) >= 11 is 5.99. The van der Waals surface area contributed by atoms with E-state index in [4.69, 9.17) is 16.3 Å². The highest BCUT2D eigenvalue weighted by molar-refractivity contribution is 6.32. The summed E-state index contributed by atoms with van der Waals surface area (Å²) in [5.74, 6) is 0. The zero-order chi connectivity index (χ0) is 8.27. The number of hydrogen-bond acceptors (Lipinski definition) is 1. The normalized spacial score (nSPS) is 10.1. The Labute approximate surface area is 71.9 Å². The maximum Gasteiger partial charge on any atom is 0.0727 e. The molecule has 0 aliphatic rings. The van der Waals surface area contributed by atoms with Gasteiger partial charge in [0.25, 0.3) is 0 Å². The summed E-state index contributed by atoms with van der Waals surface area (Å²) in [5, 5.41) is 0.814. The molecule has 0 N–H and O–H groups in total. The molecule has 1 aromatic rings. The van der Waals surface area contributed by atoms with Crippen molar-refractivity contribution in [2.45, 2.75) is 13.5 Å². The van der Waals surface area contributed by atoms with Crippen LogP contribution in [0.5, 0.6) is 0 Å². The molecular formula is C9H11ClO. The van der Waals surface area contributed by atoms with Crippen LogP contribution in [0.1, 0.15) is 11.1 Å². The van der Waals surface area contributed by atoms with Gasteiger partial charge in [0.2, 0.25) is 0 Å². The second kappa shape index (κ2) is 3.74. The third-order valence-electron chi connectivity index (χ3n) is 1.57. The van der Waals surface area contributed by atoms with Gasteiger partial charge >= 0.3 is 0 Å². The molecular weight excluding hydrogens is 160 g/mol. The summed E-state index contributed by atoms with van der Waals surface area (Å²) in [6, 6.07) is 5.94.